The van der Waals surface area contributed by atoms with Crippen molar-refractivity contribution in [2.75, 3.05) is 87.6 Å². The third-order valence-corrected chi connectivity index (χ3v) is 13.8. The van der Waals surface area contributed by atoms with Crippen LogP contribution < -0.4 is 31.2 Å². The Morgan fingerprint density at radius 1 is 0.968 bits per heavy atom. The Balaban J connectivity index is 0.797. The smallest absolute Gasteiger partial charge is 0.320 e. The third-order valence-electron chi connectivity index (χ3n) is 13.8. The van der Waals surface area contributed by atoms with Crippen LogP contribution in [0.3, 0.4) is 0 Å². The molecule has 6 heterocycles. The topological polar surface area (TPSA) is 152 Å². The van der Waals surface area contributed by atoms with Crippen LogP contribution in [-0.2, 0) is 0 Å². The van der Waals surface area contributed by atoms with Crippen molar-refractivity contribution in [3.63, 3.8) is 0 Å². The van der Waals surface area contributed by atoms with Gasteiger partial charge in [-0.3, -0.25) is 4.79 Å². The lowest BCUT2D eigenvalue weighted by molar-refractivity contribution is 0.0738. The normalized spacial score (nSPS) is 21.9. The summed E-state index contributed by atoms with van der Waals surface area (Å²) in [7, 11) is 1.86. The molecule has 0 spiro atoms. The van der Waals surface area contributed by atoms with E-state index in [1.54, 1.807) is 11.0 Å². The number of benzene rings is 2. The fourth-order valence-electron chi connectivity index (χ4n) is 10.1. The van der Waals surface area contributed by atoms with E-state index in [-0.39, 0.29) is 29.9 Å². The van der Waals surface area contributed by atoms with Crippen molar-refractivity contribution >= 4 is 41.2 Å². The number of likely N-dealkylation sites (tertiary alicyclic amines) is 1. The number of likely N-dealkylation sites (N-methyl/N-ethyl adjacent to an activating group) is 2. The van der Waals surface area contributed by atoms with Gasteiger partial charge in [-0.2, -0.15) is 10.9 Å². The number of carbonyl (C=O) groups is 2. The molecule has 5 fully saturated rings. The number of anilines is 4. The molecule has 0 radical (unpaired) electrons. The maximum atomic E-state index is 13.6. The first kappa shape index (κ1) is 43.0. The van der Waals surface area contributed by atoms with Crippen molar-refractivity contribution in [3.8, 4) is 5.88 Å². The molecule has 2 aromatic carbocycles. The van der Waals surface area contributed by atoms with Crippen LogP contribution in [0.1, 0.15) is 85.7 Å². The van der Waals surface area contributed by atoms with Crippen LogP contribution in [0.4, 0.5) is 27.9 Å². The molecule has 15 nitrogen and oxygen atoms in total. The van der Waals surface area contributed by atoms with Crippen LogP contribution in [0.2, 0.25) is 0 Å². The number of hydrogen-bond acceptors (Lipinski definition) is 12. The zero-order valence-electron chi connectivity index (χ0n) is 36.6. The molecule has 15 heteroatoms. The van der Waals surface area contributed by atoms with Gasteiger partial charge in [0.05, 0.1) is 12.1 Å². The Bertz CT molecular complexity index is 2110. The van der Waals surface area contributed by atoms with Gasteiger partial charge in [0, 0.05) is 87.7 Å². The third kappa shape index (κ3) is 9.38. The first-order valence-corrected chi connectivity index (χ1v) is 22.6. The fraction of sp³-hybridized carbons (Fsp3) is 0.511. The summed E-state index contributed by atoms with van der Waals surface area (Å²) in [6.07, 6.45) is 9.91. The molecule has 5 saturated heterocycles. The van der Waals surface area contributed by atoms with Crippen molar-refractivity contribution in [1.82, 2.24) is 40.1 Å². The van der Waals surface area contributed by atoms with E-state index < -0.39 is 0 Å². The second kappa shape index (κ2) is 19.2. The van der Waals surface area contributed by atoms with E-state index >= 15 is 0 Å². The standard InChI is InChI=1S/C47H64N12O3/c1-6-35-29-39(15-16-41(35)45(60)54(5)42-17-10-32(3)49-33(42)4)57-25-18-34(19-26-57)30-55-23-20-37(21-24-55)36-11-13-38(14-12-36)50-43-44(62-48)52-53-46(51-43)58-22-8-9-40(31-58)59-28-27-56(7-2)47(59)61/h6,11-16,29,34,37,40,42,49H,1,3-4,7-10,17-28,30-31,48H2,2,5H3,(H,50,51,53). The van der Waals surface area contributed by atoms with E-state index in [0.717, 1.165) is 139 Å². The Hall–Kier alpha value is -5.67. The van der Waals surface area contributed by atoms with Gasteiger partial charge in [0.1, 0.15) is 0 Å². The number of nitrogens with two attached hydrogens (primary N) is 1. The molecular formula is C47H64N12O3. The van der Waals surface area contributed by atoms with Gasteiger partial charge >= 0.3 is 6.03 Å². The summed E-state index contributed by atoms with van der Waals surface area (Å²) in [5.74, 6) is 7.78. The lowest BCUT2D eigenvalue weighted by Gasteiger charge is -2.38. The van der Waals surface area contributed by atoms with E-state index in [1.807, 2.05) is 29.8 Å². The minimum absolute atomic E-state index is 0.0181. The molecule has 0 aliphatic carbocycles. The molecular weight excluding hydrogens is 781 g/mol. The number of carbonyl (C=O) groups excluding carboxylic acids is 2. The minimum atomic E-state index is -0.0704. The number of rotatable bonds is 13. The zero-order chi connectivity index (χ0) is 43.3. The monoisotopic (exact) mass is 845 g/mol. The second-order valence-electron chi connectivity index (χ2n) is 17.6. The molecule has 0 saturated carbocycles. The molecule has 330 valence electrons. The van der Waals surface area contributed by atoms with Gasteiger partial charge in [0.25, 0.3) is 11.8 Å². The highest BCUT2D eigenvalue weighted by atomic mass is 16.6. The summed E-state index contributed by atoms with van der Waals surface area (Å²) in [6.45, 7) is 23.3. The van der Waals surface area contributed by atoms with Gasteiger partial charge in [-0.05, 0) is 125 Å². The summed E-state index contributed by atoms with van der Waals surface area (Å²) >= 11 is 0. The summed E-state index contributed by atoms with van der Waals surface area (Å²) in [6, 6.07) is 14.9. The van der Waals surface area contributed by atoms with E-state index in [2.05, 4.69) is 91.7 Å². The maximum absolute atomic E-state index is 13.6. The predicted molar refractivity (Wildman–Crippen MR) is 245 cm³/mol. The highest BCUT2D eigenvalue weighted by Crippen LogP contribution is 2.34. The number of aromatic nitrogens is 3. The van der Waals surface area contributed by atoms with Crippen LogP contribution >= 0.6 is 0 Å². The number of allylic oxidation sites excluding steroid dienone is 1. The Morgan fingerprint density at radius 2 is 1.74 bits per heavy atom. The number of urea groups is 1. The van der Waals surface area contributed by atoms with Gasteiger partial charge in [-0.15, -0.1) is 10.2 Å². The average molecular weight is 845 g/mol. The molecule has 3 amide bonds. The molecule has 3 aromatic rings. The molecule has 4 N–H and O–H groups in total. The number of amides is 3. The SMILES string of the molecule is C=Cc1cc(N2CCC(CN3CCC(c4ccc(Nc5nc(N6CCCC(N7CCN(CC)C7=O)C6)nnc5ON)cc4)CC3)CC2)ccc1C(=O)N(C)C1CCC(=C)NC1=C. The van der Waals surface area contributed by atoms with Gasteiger partial charge in [-0.25, -0.2) is 4.79 Å². The van der Waals surface area contributed by atoms with Crippen molar-refractivity contribution < 1.29 is 14.4 Å². The molecule has 2 atom stereocenters. The first-order valence-electron chi connectivity index (χ1n) is 22.6. The van der Waals surface area contributed by atoms with Gasteiger partial charge in [-0.1, -0.05) is 37.9 Å². The Labute approximate surface area is 366 Å². The molecule has 62 heavy (non-hydrogen) atoms. The fourth-order valence-corrected chi connectivity index (χ4v) is 10.1. The van der Waals surface area contributed by atoms with Crippen molar-refractivity contribution in [2.24, 2.45) is 11.8 Å². The average Bonchev–Trinajstić information content (AvgIpc) is 3.69. The van der Waals surface area contributed by atoms with E-state index in [9.17, 15) is 9.59 Å². The molecule has 2 unspecified atom stereocenters. The minimum Gasteiger partial charge on any atom is -0.385 e. The summed E-state index contributed by atoms with van der Waals surface area (Å²) in [5.41, 5.74) is 6.66. The van der Waals surface area contributed by atoms with Crippen molar-refractivity contribution in [2.45, 2.75) is 76.3 Å². The largest absolute Gasteiger partial charge is 0.385 e. The first-order chi connectivity index (χ1) is 30.1. The lowest BCUT2D eigenvalue weighted by Crippen LogP contribution is -2.50. The summed E-state index contributed by atoms with van der Waals surface area (Å²) in [4.78, 5) is 49.3. The van der Waals surface area contributed by atoms with Crippen LogP contribution in [0.15, 0.2) is 73.6 Å². The molecule has 0 bridgehead atoms. The summed E-state index contributed by atoms with van der Waals surface area (Å²) < 4.78 is 0. The van der Waals surface area contributed by atoms with Gasteiger partial charge < -0.3 is 44.9 Å². The van der Waals surface area contributed by atoms with Crippen molar-refractivity contribution in [3.05, 3.63) is 90.3 Å². The zero-order valence-corrected chi connectivity index (χ0v) is 36.6. The Morgan fingerprint density at radius 3 is 2.44 bits per heavy atom. The van der Waals surface area contributed by atoms with E-state index in [4.69, 9.17) is 15.7 Å². The number of nitrogens with one attached hydrogen (secondary N) is 2. The van der Waals surface area contributed by atoms with Gasteiger partial charge in [0.15, 0.2) is 0 Å². The second-order valence-corrected chi connectivity index (χ2v) is 17.6. The number of nitrogens with zero attached hydrogens (tertiary/aromatic N) is 9. The highest BCUT2D eigenvalue weighted by molar-refractivity contribution is 5.98. The highest BCUT2D eigenvalue weighted by Gasteiger charge is 2.36. The van der Waals surface area contributed by atoms with Gasteiger partial charge in [0.2, 0.25) is 11.8 Å². The maximum Gasteiger partial charge on any atom is 0.320 e. The molecule has 1 aromatic heterocycles. The van der Waals surface area contributed by atoms with Crippen LogP contribution in [0.5, 0.6) is 5.88 Å². The van der Waals surface area contributed by atoms with Crippen LogP contribution in [0, 0.1) is 5.92 Å². The van der Waals surface area contributed by atoms with Crippen LogP contribution in [0.25, 0.3) is 6.08 Å². The van der Waals surface area contributed by atoms with E-state index in [0.29, 0.717) is 35.7 Å². The molecule has 8 rings (SSSR count). The number of piperidine rings is 4. The lowest BCUT2D eigenvalue weighted by atomic mass is 9.88. The summed E-state index contributed by atoms with van der Waals surface area (Å²) in [5, 5.41) is 15.2. The molecule has 5 aliphatic rings. The predicted octanol–water partition coefficient (Wildman–Crippen LogP) is 6.18. The quantitative estimate of drug-likeness (QED) is 0.169. The Kier molecular flexibility index (Phi) is 13.3. The van der Waals surface area contributed by atoms with E-state index in [1.165, 1.54) is 5.56 Å². The molecule has 5 aliphatic heterocycles. The number of hydrogen-bond donors (Lipinski definition) is 3. The van der Waals surface area contributed by atoms with Crippen molar-refractivity contribution in [1.29, 1.82) is 0 Å². The van der Waals surface area contributed by atoms with Crippen LogP contribution in [-0.4, -0.2) is 131 Å².